The van der Waals surface area contributed by atoms with Crippen molar-refractivity contribution in [1.82, 2.24) is 10.2 Å². The Morgan fingerprint density at radius 3 is 2.27 bits per heavy atom. The van der Waals surface area contributed by atoms with Gasteiger partial charge in [0.05, 0.1) is 6.54 Å². The minimum Gasteiger partial charge on any atom is -0.444 e. The number of hydrogen-bond donors (Lipinski definition) is 1. The molecule has 12 heteroatoms. The lowest BCUT2D eigenvalue weighted by molar-refractivity contribution is -0.132. The van der Waals surface area contributed by atoms with Crippen molar-refractivity contribution in [3.8, 4) is 5.75 Å². The van der Waals surface area contributed by atoms with Gasteiger partial charge in [-0.25, -0.2) is 13.4 Å². The van der Waals surface area contributed by atoms with E-state index in [1.807, 2.05) is 0 Å². The van der Waals surface area contributed by atoms with Crippen molar-refractivity contribution in [2.45, 2.75) is 50.5 Å². The molecule has 0 aromatic heterocycles. The molecule has 0 bridgehead atoms. The zero-order valence-corrected chi connectivity index (χ0v) is 17.3. The van der Waals surface area contributed by atoms with Gasteiger partial charge < -0.3 is 19.1 Å². The van der Waals surface area contributed by atoms with Gasteiger partial charge in [0, 0.05) is 6.54 Å². The van der Waals surface area contributed by atoms with Gasteiger partial charge in [0.2, 0.25) is 5.91 Å². The number of alkyl carbamates (subject to hydrolysis) is 1. The van der Waals surface area contributed by atoms with Crippen LogP contribution in [0.4, 0.5) is 22.4 Å². The third-order valence-corrected chi connectivity index (χ3v) is 4.65. The van der Waals surface area contributed by atoms with Gasteiger partial charge in [-0.3, -0.25) is 4.79 Å². The summed E-state index contributed by atoms with van der Waals surface area (Å²) in [5.41, 5.74) is -5.68. The topological polar surface area (TPSA) is 84.9 Å². The van der Waals surface area contributed by atoms with Gasteiger partial charge >= 0.3 is 22.7 Å². The molecule has 30 heavy (non-hydrogen) atoms. The fourth-order valence-electron chi connectivity index (χ4n) is 2.66. The van der Waals surface area contributed by atoms with Gasteiger partial charge in [0.25, 0.3) is 0 Å². The first-order valence-corrected chi connectivity index (χ1v) is 10.0. The molecular weight excluding hydrogens is 432 g/mol. The van der Waals surface area contributed by atoms with Gasteiger partial charge in [-0.05, 0) is 44.9 Å². The molecule has 1 aromatic carbocycles. The van der Waals surface area contributed by atoms with Crippen LogP contribution in [0.1, 0.15) is 38.8 Å². The molecule has 2 amide bonds. The number of halogens is 4. The fraction of sp³-hybridized carbons (Fsp3) is 0.556. The Hall–Kier alpha value is -2.37. The van der Waals surface area contributed by atoms with E-state index in [-0.39, 0.29) is 30.8 Å². The summed E-state index contributed by atoms with van der Waals surface area (Å²) in [6.45, 7) is 4.93. The first-order chi connectivity index (χ1) is 13.8. The standard InChI is InChI=1S/C18H22F4N2O5S/c1-17(2,3)28-16(26)23-14(15(25)24-9-8-12(19)10-24)11-4-6-13(7-5-11)29-30(27)18(20,21)22/h4-7,12,14H,8-10H2,1-3H3,(H,23,26). The Kier molecular flexibility index (Phi) is 7.32. The molecule has 0 spiro atoms. The van der Waals surface area contributed by atoms with Crippen LogP contribution in [0.25, 0.3) is 0 Å². The maximum atomic E-state index is 13.5. The number of nitrogens with one attached hydrogen (secondary N) is 1. The third-order valence-electron chi connectivity index (χ3n) is 3.92. The normalized spacial score (nSPS) is 19.2. The molecule has 0 aliphatic carbocycles. The van der Waals surface area contributed by atoms with E-state index in [4.69, 9.17) is 4.74 Å². The molecule has 3 atom stereocenters. The highest BCUT2D eigenvalue weighted by Crippen LogP contribution is 2.26. The number of alkyl halides is 4. The summed E-state index contributed by atoms with van der Waals surface area (Å²) >= 11 is -3.55. The lowest BCUT2D eigenvalue weighted by Gasteiger charge is -2.26. The zero-order chi connectivity index (χ0) is 22.7. The number of amides is 2. The van der Waals surface area contributed by atoms with Gasteiger partial charge in [-0.1, -0.05) is 12.1 Å². The van der Waals surface area contributed by atoms with Crippen molar-refractivity contribution >= 4 is 23.1 Å². The predicted molar refractivity (Wildman–Crippen MR) is 99.5 cm³/mol. The Labute approximate surface area is 173 Å². The number of likely N-dealkylation sites (tertiary alicyclic amines) is 1. The molecule has 168 valence electrons. The van der Waals surface area contributed by atoms with Crippen LogP contribution < -0.4 is 9.50 Å². The fourth-order valence-corrected chi connectivity index (χ4v) is 3.04. The zero-order valence-electron chi connectivity index (χ0n) is 16.5. The first kappa shape index (κ1) is 23.9. The highest BCUT2D eigenvalue weighted by molar-refractivity contribution is 7.81. The number of carbonyl (C=O) groups excluding carboxylic acids is 2. The van der Waals surface area contributed by atoms with Crippen molar-refractivity contribution in [1.29, 1.82) is 0 Å². The van der Waals surface area contributed by atoms with Crippen LogP contribution >= 0.6 is 0 Å². The smallest absolute Gasteiger partial charge is 0.444 e. The van der Waals surface area contributed by atoms with Gasteiger partial charge in [-0.15, -0.1) is 0 Å². The summed E-state index contributed by atoms with van der Waals surface area (Å²) in [7, 11) is 0. The van der Waals surface area contributed by atoms with E-state index in [1.54, 1.807) is 20.8 Å². The van der Waals surface area contributed by atoms with Crippen molar-refractivity contribution in [2.24, 2.45) is 0 Å². The quantitative estimate of drug-likeness (QED) is 0.690. The monoisotopic (exact) mass is 454 g/mol. The second-order valence-electron chi connectivity index (χ2n) is 7.58. The van der Waals surface area contributed by atoms with Gasteiger partial charge in [0.15, 0.2) is 0 Å². The Bertz CT molecular complexity index is 795. The molecular formula is C18H22F4N2O5S. The molecule has 1 N–H and O–H groups in total. The summed E-state index contributed by atoms with van der Waals surface area (Å²) in [6.07, 6.45) is -1.90. The molecule has 1 fully saturated rings. The SMILES string of the molecule is CC(C)(C)OC(=O)NC(C(=O)N1CCC(F)C1)c1ccc(OS(=O)C(F)(F)F)cc1. The largest absolute Gasteiger partial charge is 0.508 e. The van der Waals surface area contributed by atoms with E-state index in [0.717, 1.165) is 12.1 Å². The van der Waals surface area contributed by atoms with Crippen LogP contribution in [0.15, 0.2) is 24.3 Å². The van der Waals surface area contributed by atoms with Crippen LogP contribution in [0.3, 0.4) is 0 Å². The van der Waals surface area contributed by atoms with E-state index in [2.05, 4.69) is 9.50 Å². The van der Waals surface area contributed by atoms with Crippen molar-refractivity contribution in [3.63, 3.8) is 0 Å². The number of rotatable bonds is 5. The van der Waals surface area contributed by atoms with Crippen LogP contribution in [-0.4, -0.2) is 51.5 Å². The summed E-state index contributed by atoms with van der Waals surface area (Å²) in [4.78, 5) is 26.3. The van der Waals surface area contributed by atoms with Crippen LogP contribution in [0, 0.1) is 0 Å². The number of carbonyl (C=O) groups is 2. The third kappa shape index (κ3) is 6.85. The van der Waals surface area contributed by atoms with E-state index in [0.29, 0.717) is 0 Å². The van der Waals surface area contributed by atoms with Crippen LogP contribution in [-0.2, 0) is 20.6 Å². The molecule has 3 unspecified atom stereocenters. The Morgan fingerprint density at radius 2 is 1.80 bits per heavy atom. The summed E-state index contributed by atoms with van der Waals surface area (Å²) in [6, 6.07) is 3.39. The molecule has 1 heterocycles. The molecule has 1 aliphatic rings. The van der Waals surface area contributed by atoms with Crippen molar-refractivity contribution < 1.29 is 40.3 Å². The molecule has 2 rings (SSSR count). The molecule has 0 saturated carbocycles. The number of nitrogens with zero attached hydrogens (tertiary/aromatic N) is 1. The highest BCUT2D eigenvalue weighted by Gasteiger charge is 2.40. The first-order valence-electron chi connectivity index (χ1n) is 8.95. The average molecular weight is 454 g/mol. The summed E-state index contributed by atoms with van der Waals surface area (Å²) < 4.78 is 71.1. The van der Waals surface area contributed by atoms with E-state index >= 15 is 0 Å². The number of ether oxygens (including phenoxy) is 1. The maximum absolute atomic E-state index is 13.5. The Morgan fingerprint density at radius 1 is 1.20 bits per heavy atom. The number of benzene rings is 1. The molecule has 1 aliphatic heterocycles. The van der Waals surface area contributed by atoms with E-state index in [1.165, 1.54) is 17.0 Å². The van der Waals surface area contributed by atoms with Crippen molar-refractivity contribution in [3.05, 3.63) is 29.8 Å². The average Bonchev–Trinajstić information content (AvgIpc) is 3.04. The summed E-state index contributed by atoms with van der Waals surface area (Å²) in [5.74, 6) is -0.934. The predicted octanol–water partition coefficient (Wildman–Crippen LogP) is 3.39. The van der Waals surface area contributed by atoms with E-state index < -0.39 is 46.4 Å². The van der Waals surface area contributed by atoms with Gasteiger partial charge in [-0.2, -0.15) is 13.2 Å². The highest BCUT2D eigenvalue weighted by atomic mass is 32.2. The molecule has 1 saturated heterocycles. The minimum atomic E-state index is -5.05. The van der Waals surface area contributed by atoms with Crippen molar-refractivity contribution in [2.75, 3.05) is 13.1 Å². The molecule has 7 nitrogen and oxygen atoms in total. The van der Waals surface area contributed by atoms with Gasteiger partial charge in [0.1, 0.15) is 23.6 Å². The molecule has 1 aromatic rings. The van der Waals surface area contributed by atoms with E-state index in [9.17, 15) is 31.4 Å². The van der Waals surface area contributed by atoms with Crippen LogP contribution in [0.5, 0.6) is 5.75 Å². The molecule has 0 radical (unpaired) electrons. The minimum absolute atomic E-state index is 0.128. The Balaban J connectivity index is 2.21. The second-order valence-corrected chi connectivity index (χ2v) is 8.68. The summed E-state index contributed by atoms with van der Waals surface area (Å²) in [5, 5.41) is 2.41. The lowest BCUT2D eigenvalue weighted by atomic mass is 10.1. The number of hydrogen-bond acceptors (Lipinski definition) is 5. The van der Waals surface area contributed by atoms with Crippen LogP contribution in [0.2, 0.25) is 0 Å². The second kappa shape index (κ2) is 9.19. The lowest BCUT2D eigenvalue weighted by Crippen LogP contribution is -2.43. The maximum Gasteiger partial charge on any atom is 0.508 e.